The minimum Gasteiger partial charge on any atom is -0.378 e. The maximum atomic E-state index is 13.6. The molecule has 0 unspecified atom stereocenters. The fraction of sp³-hybridized carbons (Fsp3) is 0.407. The minimum atomic E-state index is -4.04. The summed E-state index contributed by atoms with van der Waals surface area (Å²) in [6.45, 7) is 4.81. The number of rotatable bonds is 2. The summed E-state index contributed by atoms with van der Waals surface area (Å²) in [6, 6.07) is 8.63. The van der Waals surface area contributed by atoms with Gasteiger partial charge in [0.15, 0.2) is 5.13 Å². The van der Waals surface area contributed by atoms with E-state index < -0.39 is 10.0 Å². The molecule has 1 saturated carbocycles. The molecule has 3 aromatic rings. The molecule has 40 heavy (non-hydrogen) atoms. The lowest BCUT2D eigenvalue weighted by atomic mass is 10.0. The van der Waals surface area contributed by atoms with Crippen molar-refractivity contribution in [2.24, 2.45) is 5.92 Å². The number of anilines is 2. The van der Waals surface area contributed by atoms with Crippen molar-refractivity contribution in [3.8, 4) is 10.4 Å². The second-order valence-electron chi connectivity index (χ2n) is 10.3. The van der Waals surface area contributed by atoms with Crippen LogP contribution < -0.4 is 15.4 Å². The highest BCUT2D eigenvalue weighted by Gasteiger charge is 2.41. The van der Waals surface area contributed by atoms with Crippen molar-refractivity contribution >= 4 is 44.1 Å². The van der Waals surface area contributed by atoms with Crippen LogP contribution in [0.2, 0.25) is 0 Å². The number of aromatic nitrogens is 2. The van der Waals surface area contributed by atoms with Gasteiger partial charge in [-0.15, -0.1) is 0 Å². The number of hydrogen-bond acceptors (Lipinski definition) is 9. The number of nitrogens with one attached hydrogen (secondary N) is 3. The lowest BCUT2D eigenvalue weighted by molar-refractivity contribution is 0.0694. The summed E-state index contributed by atoms with van der Waals surface area (Å²) in [5, 5.41) is 6.46. The number of pyridine rings is 1. The number of thiazole rings is 1. The average molecular weight is 583 g/mol. The largest absolute Gasteiger partial charge is 0.378 e. The summed E-state index contributed by atoms with van der Waals surface area (Å²) in [7, 11) is -4.04. The normalized spacial score (nSPS) is 20.0. The number of ether oxygens (including phenoxy) is 1. The van der Waals surface area contributed by atoms with Gasteiger partial charge >= 0.3 is 0 Å². The number of nitrogens with zero attached hydrogens (tertiary/aromatic N) is 3. The third kappa shape index (κ3) is 5.21. The van der Waals surface area contributed by atoms with Gasteiger partial charge in [-0.25, -0.2) is 23.1 Å². The SMILES string of the molecule is Cc1nc2sc1-c1cc3c(c(c1)S(=O)(=O)NCCOCCNC(=O)c1cccc(n1)N2)C(=O)N([C@@H](C)C1CC1)C3. The standard InChI is InChI=1S/C27H30N6O5S2/c1-15-24-18-12-19-14-33(16(2)17-6-7-17)26(35)23(19)21(13-18)40(36,37)29-9-11-38-10-8-28-25(34)20-4-3-5-22(31-20)32-27(30-15)39-24/h3-5,12-13,16-17,29H,6-11,14H2,1-2H3,(H,28,34)(H,30,31,32)/t16-/m0/s1. The van der Waals surface area contributed by atoms with Crippen LogP contribution in [0.5, 0.6) is 0 Å². The third-order valence-electron chi connectivity index (χ3n) is 7.43. The van der Waals surface area contributed by atoms with Crippen LogP contribution in [0.15, 0.2) is 35.2 Å². The number of carbonyl (C=O) groups excluding carboxylic acids is 2. The smallest absolute Gasteiger partial charge is 0.270 e. The first kappa shape index (κ1) is 26.8. The molecule has 1 atom stereocenters. The van der Waals surface area contributed by atoms with Crippen LogP contribution in [0.1, 0.15) is 51.9 Å². The molecule has 13 heteroatoms. The first-order chi connectivity index (χ1) is 19.2. The van der Waals surface area contributed by atoms with E-state index in [2.05, 4.69) is 25.3 Å². The zero-order valence-electron chi connectivity index (χ0n) is 22.2. The number of fused-ring (bicyclic) bond motifs is 9. The highest BCUT2D eigenvalue weighted by molar-refractivity contribution is 7.89. The lowest BCUT2D eigenvalue weighted by Crippen LogP contribution is -2.35. The summed E-state index contributed by atoms with van der Waals surface area (Å²) in [5.41, 5.74) is 2.56. The van der Waals surface area contributed by atoms with Gasteiger partial charge in [-0.2, -0.15) is 0 Å². The van der Waals surface area contributed by atoms with E-state index >= 15 is 0 Å². The molecule has 1 aliphatic carbocycles. The van der Waals surface area contributed by atoms with Crippen LogP contribution in [0.25, 0.3) is 10.4 Å². The topological polar surface area (TPSA) is 143 Å². The quantitative estimate of drug-likeness (QED) is 0.419. The van der Waals surface area contributed by atoms with Crippen LogP contribution in [0.4, 0.5) is 10.9 Å². The Bertz CT molecular complexity index is 1600. The fourth-order valence-corrected chi connectivity index (χ4v) is 7.40. The Morgan fingerprint density at radius 1 is 1.12 bits per heavy atom. The molecule has 2 amide bonds. The Labute approximate surface area is 236 Å². The van der Waals surface area contributed by atoms with Gasteiger partial charge in [-0.1, -0.05) is 17.4 Å². The molecule has 0 radical (unpaired) electrons. The van der Waals surface area contributed by atoms with E-state index in [-0.39, 0.29) is 60.3 Å². The van der Waals surface area contributed by atoms with Crippen molar-refractivity contribution in [2.45, 2.75) is 44.2 Å². The van der Waals surface area contributed by atoms with Gasteiger partial charge in [-0.3, -0.25) is 9.59 Å². The second-order valence-corrected chi connectivity index (χ2v) is 13.0. The molecule has 3 aliphatic rings. The van der Waals surface area contributed by atoms with Crippen LogP contribution >= 0.6 is 11.3 Å². The van der Waals surface area contributed by atoms with Gasteiger partial charge in [0.1, 0.15) is 11.5 Å². The Hall–Kier alpha value is -3.39. The van der Waals surface area contributed by atoms with E-state index in [0.717, 1.165) is 17.7 Å². The number of sulfonamides is 1. The number of carbonyl (C=O) groups is 2. The molecule has 6 rings (SSSR count). The molecule has 0 saturated heterocycles. The maximum absolute atomic E-state index is 13.6. The van der Waals surface area contributed by atoms with Crippen LogP contribution in [-0.2, 0) is 21.3 Å². The molecule has 4 heterocycles. The first-order valence-corrected chi connectivity index (χ1v) is 15.6. The zero-order chi connectivity index (χ0) is 28.0. The first-order valence-electron chi connectivity index (χ1n) is 13.3. The molecule has 2 aliphatic heterocycles. The Morgan fingerprint density at radius 3 is 2.73 bits per heavy atom. The molecule has 3 N–H and O–H groups in total. The molecule has 6 bridgehead atoms. The monoisotopic (exact) mass is 582 g/mol. The number of amides is 2. The van der Waals surface area contributed by atoms with E-state index in [1.807, 2.05) is 19.9 Å². The Morgan fingerprint density at radius 2 is 1.93 bits per heavy atom. The van der Waals surface area contributed by atoms with Crippen molar-refractivity contribution in [1.29, 1.82) is 0 Å². The predicted molar refractivity (Wildman–Crippen MR) is 150 cm³/mol. The van der Waals surface area contributed by atoms with Gasteiger partial charge in [-0.05, 0) is 68.0 Å². The number of benzene rings is 1. The zero-order valence-corrected chi connectivity index (χ0v) is 23.8. The average Bonchev–Trinajstić information content (AvgIpc) is 3.64. The van der Waals surface area contributed by atoms with Crippen LogP contribution in [-0.4, -0.2) is 67.4 Å². The Kier molecular flexibility index (Phi) is 7.07. The minimum absolute atomic E-state index is 0.0168. The van der Waals surface area contributed by atoms with E-state index in [0.29, 0.717) is 40.2 Å². The van der Waals surface area contributed by atoms with Crippen molar-refractivity contribution in [2.75, 3.05) is 31.6 Å². The van der Waals surface area contributed by atoms with Crippen molar-refractivity contribution in [3.05, 3.63) is 52.8 Å². The summed E-state index contributed by atoms with van der Waals surface area (Å²) in [6.07, 6.45) is 2.16. The lowest BCUT2D eigenvalue weighted by Gasteiger charge is -2.24. The Balaban J connectivity index is 1.43. The maximum Gasteiger partial charge on any atom is 0.270 e. The van der Waals surface area contributed by atoms with Gasteiger partial charge < -0.3 is 20.3 Å². The molecule has 0 spiro atoms. The molecule has 11 nitrogen and oxygen atoms in total. The molecule has 1 aromatic carbocycles. The molecule has 210 valence electrons. The molecular weight excluding hydrogens is 552 g/mol. The van der Waals surface area contributed by atoms with E-state index in [1.54, 1.807) is 29.2 Å². The van der Waals surface area contributed by atoms with Crippen LogP contribution in [0.3, 0.4) is 0 Å². The summed E-state index contributed by atoms with van der Waals surface area (Å²) >= 11 is 1.35. The number of aryl methyl sites for hydroxylation is 1. The van der Waals surface area contributed by atoms with Gasteiger partial charge in [0.05, 0.1) is 34.2 Å². The molecule has 1 fully saturated rings. The van der Waals surface area contributed by atoms with E-state index in [4.69, 9.17) is 4.74 Å². The van der Waals surface area contributed by atoms with Gasteiger partial charge in [0.25, 0.3) is 11.8 Å². The second kappa shape index (κ2) is 10.5. The van der Waals surface area contributed by atoms with Gasteiger partial charge in [0, 0.05) is 25.7 Å². The van der Waals surface area contributed by atoms with Crippen LogP contribution in [0, 0.1) is 12.8 Å². The predicted octanol–water partition coefficient (Wildman–Crippen LogP) is 3.05. The summed E-state index contributed by atoms with van der Waals surface area (Å²) < 4.78 is 35.3. The number of hydrogen-bond donors (Lipinski definition) is 3. The third-order valence-corrected chi connectivity index (χ3v) is 10.0. The fourth-order valence-electron chi connectivity index (χ4n) is 5.16. The van der Waals surface area contributed by atoms with Gasteiger partial charge in [0.2, 0.25) is 10.0 Å². The van der Waals surface area contributed by atoms with Crippen molar-refractivity contribution in [3.63, 3.8) is 0 Å². The molecule has 2 aromatic heterocycles. The molecular formula is C27H30N6O5S2. The highest BCUT2D eigenvalue weighted by Crippen LogP contribution is 2.42. The van der Waals surface area contributed by atoms with Crippen molar-refractivity contribution in [1.82, 2.24) is 24.9 Å². The summed E-state index contributed by atoms with van der Waals surface area (Å²) in [4.78, 5) is 37.7. The summed E-state index contributed by atoms with van der Waals surface area (Å²) in [5.74, 6) is 0.316. The van der Waals surface area contributed by atoms with Crippen molar-refractivity contribution < 1.29 is 22.7 Å². The van der Waals surface area contributed by atoms with E-state index in [9.17, 15) is 18.0 Å². The highest BCUT2D eigenvalue weighted by atomic mass is 32.2. The van der Waals surface area contributed by atoms with E-state index in [1.165, 1.54) is 11.3 Å².